The van der Waals surface area contributed by atoms with Gasteiger partial charge in [-0.3, -0.25) is 4.79 Å². The number of hydrogen-bond donors (Lipinski definition) is 1. The van der Waals surface area contributed by atoms with Crippen LogP contribution in [0.5, 0.6) is 5.75 Å². The van der Waals surface area contributed by atoms with Crippen LogP contribution in [0.15, 0.2) is 18.2 Å². The Bertz CT molecular complexity index is 489. The molecule has 0 aliphatic carbocycles. The van der Waals surface area contributed by atoms with Gasteiger partial charge < -0.3 is 15.0 Å². The van der Waals surface area contributed by atoms with Gasteiger partial charge >= 0.3 is 0 Å². The van der Waals surface area contributed by atoms with Crippen LogP contribution in [0.1, 0.15) is 19.8 Å². The first-order chi connectivity index (χ1) is 10.1. The highest BCUT2D eigenvalue weighted by Gasteiger charge is 2.19. The molecule has 1 aliphatic rings. The lowest BCUT2D eigenvalue weighted by atomic mass is 10.1. The number of benzene rings is 1. The van der Waals surface area contributed by atoms with Crippen molar-refractivity contribution in [3.8, 4) is 5.75 Å². The van der Waals surface area contributed by atoms with E-state index in [1.54, 1.807) is 18.2 Å². The summed E-state index contributed by atoms with van der Waals surface area (Å²) < 4.78 is 5.42. The first kappa shape index (κ1) is 16.4. The standard InChI is InChI=1S/C15H20Cl2N2O2/c1-2-19-8-6-11(7-9-19)18-14(20)10-21-13-5-3-4-12(16)15(13)17/h3-5,11H,2,6-10H2,1H3,(H,18,20). The number of carbonyl (C=O) groups is 1. The van der Waals surface area contributed by atoms with Gasteiger partial charge in [-0.2, -0.15) is 0 Å². The third-order valence-electron chi connectivity index (χ3n) is 3.67. The average molecular weight is 331 g/mol. The summed E-state index contributed by atoms with van der Waals surface area (Å²) in [4.78, 5) is 14.3. The topological polar surface area (TPSA) is 41.6 Å². The molecule has 2 rings (SSSR count). The molecule has 4 nitrogen and oxygen atoms in total. The maximum absolute atomic E-state index is 11.9. The Labute approximate surface area is 135 Å². The van der Waals surface area contributed by atoms with Crippen LogP contribution < -0.4 is 10.1 Å². The molecule has 0 aromatic heterocycles. The highest BCUT2D eigenvalue weighted by molar-refractivity contribution is 6.42. The van der Waals surface area contributed by atoms with E-state index in [9.17, 15) is 4.79 Å². The monoisotopic (exact) mass is 330 g/mol. The molecule has 1 aromatic rings. The summed E-state index contributed by atoms with van der Waals surface area (Å²) in [5, 5.41) is 3.76. The molecule has 1 heterocycles. The van der Waals surface area contributed by atoms with Crippen LogP contribution in [0.4, 0.5) is 0 Å². The molecule has 1 fully saturated rings. The van der Waals surface area contributed by atoms with Gasteiger partial charge in [-0.15, -0.1) is 0 Å². The predicted molar refractivity (Wildman–Crippen MR) is 85.2 cm³/mol. The zero-order chi connectivity index (χ0) is 15.2. The van der Waals surface area contributed by atoms with Crippen LogP contribution in [-0.2, 0) is 4.79 Å². The normalized spacial score (nSPS) is 16.7. The number of likely N-dealkylation sites (tertiary alicyclic amines) is 1. The van der Waals surface area contributed by atoms with E-state index in [1.165, 1.54) is 0 Å². The van der Waals surface area contributed by atoms with E-state index < -0.39 is 0 Å². The van der Waals surface area contributed by atoms with Crippen molar-refractivity contribution >= 4 is 29.1 Å². The van der Waals surface area contributed by atoms with Gasteiger partial charge in [0.1, 0.15) is 10.8 Å². The second-order valence-electron chi connectivity index (χ2n) is 5.12. The molecule has 0 bridgehead atoms. The van der Waals surface area contributed by atoms with E-state index >= 15 is 0 Å². The summed E-state index contributed by atoms with van der Waals surface area (Å²) >= 11 is 11.9. The fourth-order valence-electron chi connectivity index (χ4n) is 2.40. The van der Waals surface area contributed by atoms with Crippen molar-refractivity contribution in [3.63, 3.8) is 0 Å². The highest BCUT2D eigenvalue weighted by atomic mass is 35.5. The SMILES string of the molecule is CCN1CCC(NC(=O)COc2cccc(Cl)c2Cl)CC1. The van der Waals surface area contributed by atoms with Crippen molar-refractivity contribution in [2.75, 3.05) is 26.2 Å². The minimum absolute atomic E-state index is 0.0476. The van der Waals surface area contributed by atoms with E-state index in [-0.39, 0.29) is 18.6 Å². The summed E-state index contributed by atoms with van der Waals surface area (Å²) in [6.07, 6.45) is 1.97. The summed E-state index contributed by atoms with van der Waals surface area (Å²) in [6.45, 7) is 5.23. The van der Waals surface area contributed by atoms with Gasteiger partial charge in [0.05, 0.1) is 5.02 Å². The molecule has 21 heavy (non-hydrogen) atoms. The van der Waals surface area contributed by atoms with Gasteiger partial charge in [0, 0.05) is 19.1 Å². The maximum Gasteiger partial charge on any atom is 0.258 e. The molecule has 1 aliphatic heterocycles. The average Bonchev–Trinajstić information content (AvgIpc) is 2.49. The lowest BCUT2D eigenvalue weighted by Gasteiger charge is -2.31. The lowest BCUT2D eigenvalue weighted by Crippen LogP contribution is -2.45. The molecule has 0 radical (unpaired) electrons. The van der Waals surface area contributed by atoms with E-state index in [1.807, 2.05) is 0 Å². The van der Waals surface area contributed by atoms with Crippen molar-refractivity contribution < 1.29 is 9.53 Å². The maximum atomic E-state index is 11.9. The Morgan fingerprint density at radius 3 is 2.76 bits per heavy atom. The number of carbonyl (C=O) groups excluding carboxylic acids is 1. The fourth-order valence-corrected chi connectivity index (χ4v) is 2.75. The largest absolute Gasteiger partial charge is 0.482 e. The lowest BCUT2D eigenvalue weighted by molar-refractivity contribution is -0.124. The number of halogens is 2. The van der Waals surface area contributed by atoms with Crippen molar-refractivity contribution in [3.05, 3.63) is 28.2 Å². The molecule has 1 saturated heterocycles. The smallest absolute Gasteiger partial charge is 0.258 e. The predicted octanol–water partition coefficient (Wildman–Crippen LogP) is 2.97. The number of amides is 1. The minimum atomic E-state index is -0.124. The third kappa shape index (κ3) is 4.77. The van der Waals surface area contributed by atoms with Crippen molar-refractivity contribution in [2.24, 2.45) is 0 Å². The molecule has 0 spiro atoms. The molecular formula is C15H20Cl2N2O2. The number of ether oxygens (including phenoxy) is 1. The van der Waals surface area contributed by atoms with Crippen molar-refractivity contribution in [2.45, 2.75) is 25.8 Å². The van der Waals surface area contributed by atoms with Gasteiger partial charge in [-0.1, -0.05) is 36.2 Å². The Balaban J connectivity index is 1.76. The Hall–Kier alpha value is -0.970. The van der Waals surface area contributed by atoms with Crippen LogP contribution in [0, 0.1) is 0 Å². The first-order valence-corrected chi connectivity index (χ1v) is 7.94. The minimum Gasteiger partial charge on any atom is -0.482 e. The van der Waals surface area contributed by atoms with Gasteiger partial charge in [0.2, 0.25) is 0 Å². The molecule has 116 valence electrons. The molecule has 0 unspecified atom stereocenters. The summed E-state index contributed by atoms with van der Waals surface area (Å²) in [5.41, 5.74) is 0. The summed E-state index contributed by atoms with van der Waals surface area (Å²) in [7, 11) is 0. The van der Waals surface area contributed by atoms with E-state index in [0.29, 0.717) is 15.8 Å². The summed E-state index contributed by atoms with van der Waals surface area (Å²) in [5.74, 6) is 0.307. The van der Waals surface area contributed by atoms with Gasteiger partial charge in [-0.05, 0) is 31.5 Å². The van der Waals surface area contributed by atoms with Crippen LogP contribution in [0.3, 0.4) is 0 Å². The number of nitrogens with one attached hydrogen (secondary N) is 1. The molecule has 0 atom stereocenters. The van der Waals surface area contributed by atoms with Gasteiger partial charge in [-0.25, -0.2) is 0 Å². The van der Waals surface area contributed by atoms with Gasteiger partial charge in [0.15, 0.2) is 6.61 Å². The van der Waals surface area contributed by atoms with E-state index in [0.717, 1.165) is 32.5 Å². The Morgan fingerprint density at radius 2 is 2.10 bits per heavy atom. The van der Waals surface area contributed by atoms with Crippen LogP contribution >= 0.6 is 23.2 Å². The highest BCUT2D eigenvalue weighted by Crippen LogP contribution is 2.31. The zero-order valence-electron chi connectivity index (χ0n) is 12.1. The summed E-state index contributed by atoms with van der Waals surface area (Å²) in [6, 6.07) is 5.35. The van der Waals surface area contributed by atoms with Gasteiger partial charge in [0.25, 0.3) is 5.91 Å². The van der Waals surface area contributed by atoms with Crippen LogP contribution in [0.25, 0.3) is 0 Å². The molecular weight excluding hydrogens is 311 g/mol. The van der Waals surface area contributed by atoms with Crippen molar-refractivity contribution in [1.82, 2.24) is 10.2 Å². The zero-order valence-corrected chi connectivity index (χ0v) is 13.6. The number of hydrogen-bond acceptors (Lipinski definition) is 3. The molecule has 1 N–H and O–H groups in total. The molecule has 1 aromatic carbocycles. The number of rotatable bonds is 5. The second kappa shape index (κ2) is 7.87. The van der Waals surface area contributed by atoms with Crippen molar-refractivity contribution in [1.29, 1.82) is 0 Å². The quantitative estimate of drug-likeness (QED) is 0.902. The number of piperidine rings is 1. The first-order valence-electron chi connectivity index (χ1n) is 7.18. The molecule has 0 saturated carbocycles. The number of nitrogens with zero attached hydrogens (tertiary/aromatic N) is 1. The fraction of sp³-hybridized carbons (Fsp3) is 0.533. The Morgan fingerprint density at radius 1 is 1.38 bits per heavy atom. The van der Waals surface area contributed by atoms with Crippen LogP contribution in [-0.4, -0.2) is 43.1 Å². The van der Waals surface area contributed by atoms with Crippen LogP contribution in [0.2, 0.25) is 10.0 Å². The second-order valence-corrected chi connectivity index (χ2v) is 5.90. The Kier molecular flexibility index (Phi) is 6.15. The third-order valence-corrected chi connectivity index (χ3v) is 4.48. The molecule has 1 amide bonds. The van der Waals surface area contributed by atoms with E-state index in [2.05, 4.69) is 17.1 Å². The van der Waals surface area contributed by atoms with E-state index in [4.69, 9.17) is 27.9 Å². The molecule has 6 heteroatoms.